The molecule has 27 heavy (non-hydrogen) atoms. The Bertz CT molecular complexity index is 873. The summed E-state index contributed by atoms with van der Waals surface area (Å²) in [4.78, 5) is 0. The highest BCUT2D eigenvalue weighted by Gasteiger charge is 2.29. The maximum absolute atomic E-state index is 13.4. The number of methoxy groups -OCH3 is 2. The SMILES string of the molecule is COc1ccc(NP(=O)(Oc2ccccc2)Oc2ccccc2)cc1OC. The second-order valence-corrected chi connectivity index (χ2v) is 7.07. The third-order valence-corrected chi connectivity index (χ3v) is 5.02. The Labute approximate surface area is 158 Å². The van der Waals surface area contributed by atoms with Crippen molar-refractivity contribution in [3.63, 3.8) is 0 Å². The molecule has 1 N–H and O–H groups in total. The summed E-state index contributed by atoms with van der Waals surface area (Å²) in [6.07, 6.45) is 0. The topological polar surface area (TPSA) is 66.0 Å². The van der Waals surface area contributed by atoms with Crippen molar-refractivity contribution in [3.05, 3.63) is 78.9 Å². The molecule has 0 amide bonds. The van der Waals surface area contributed by atoms with Gasteiger partial charge in [-0.15, -0.1) is 0 Å². The van der Waals surface area contributed by atoms with Crippen LogP contribution in [0.5, 0.6) is 23.0 Å². The number of para-hydroxylation sites is 2. The lowest BCUT2D eigenvalue weighted by Gasteiger charge is -2.21. The van der Waals surface area contributed by atoms with Gasteiger partial charge in [0.15, 0.2) is 11.5 Å². The largest absolute Gasteiger partial charge is 0.541 e. The lowest BCUT2D eigenvalue weighted by atomic mass is 10.3. The highest BCUT2D eigenvalue weighted by molar-refractivity contribution is 7.56. The van der Waals surface area contributed by atoms with Crippen molar-refractivity contribution in [1.29, 1.82) is 0 Å². The van der Waals surface area contributed by atoms with Crippen LogP contribution in [0.15, 0.2) is 78.9 Å². The molecule has 0 saturated carbocycles. The first kappa shape index (κ1) is 18.7. The van der Waals surface area contributed by atoms with E-state index in [1.54, 1.807) is 73.8 Å². The first-order valence-corrected chi connectivity index (χ1v) is 9.76. The summed E-state index contributed by atoms with van der Waals surface area (Å²) < 4.78 is 35.3. The van der Waals surface area contributed by atoms with Crippen LogP contribution in [-0.2, 0) is 4.57 Å². The Morgan fingerprint density at radius 2 is 1.22 bits per heavy atom. The highest BCUT2D eigenvalue weighted by atomic mass is 31.2. The Kier molecular flexibility index (Phi) is 5.89. The lowest BCUT2D eigenvalue weighted by Crippen LogP contribution is -2.10. The van der Waals surface area contributed by atoms with E-state index in [0.717, 1.165) is 0 Å². The van der Waals surface area contributed by atoms with Crippen LogP contribution >= 0.6 is 7.75 Å². The van der Waals surface area contributed by atoms with Crippen LogP contribution in [0.4, 0.5) is 5.69 Å². The van der Waals surface area contributed by atoms with Gasteiger partial charge in [0.05, 0.1) is 14.2 Å². The van der Waals surface area contributed by atoms with Crippen LogP contribution in [0.1, 0.15) is 0 Å². The van der Waals surface area contributed by atoms with E-state index in [2.05, 4.69) is 5.09 Å². The smallest absolute Gasteiger partial charge is 0.493 e. The van der Waals surface area contributed by atoms with Crippen molar-refractivity contribution in [2.75, 3.05) is 19.3 Å². The fraction of sp³-hybridized carbons (Fsp3) is 0.100. The van der Waals surface area contributed by atoms with Gasteiger partial charge in [-0.1, -0.05) is 36.4 Å². The van der Waals surface area contributed by atoms with Gasteiger partial charge >= 0.3 is 7.75 Å². The van der Waals surface area contributed by atoms with E-state index in [4.69, 9.17) is 18.5 Å². The van der Waals surface area contributed by atoms with E-state index in [1.165, 1.54) is 7.11 Å². The van der Waals surface area contributed by atoms with Crippen LogP contribution in [0.25, 0.3) is 0 Å². The number of anilines is 1. The summed E-state index contributed by atoms with van der Waals surface area (Å²) in [6, 6.07) is 22.7. The zero-order valence-corrected chi connectivity index (χ0v) is 15.9. The molecule has 0 atom stereocenters. The zero-order valence-electron chi connectivity index (χ0n) is 15.0. The molecular weight excluding hydrogens is 365 g/mol. The van der Waals surface area contributed by atoms with Crippen LogP contribution in [0, 0.1) is 0 Å². The van der Waals surface area contributed by atoms with Gasteiger partial charge in [-0.3, -0.25) is 5.09 Å². The highest BCUT2D eigenvalue weighted by Crippen LogP contribution is 2.49. The summed E-state index contributed by atoms with van der Waals surface area (Å²) in [5.41, 5.74) is 0.503. The molecule has 7 heteroatoms. The third kappa shape index (κ3) is 4.96. The molecule has 0 heterocycles. The minimum Gasteiger partial charge on any atom is -0.493 e. The minimum absolute atomic E-state index is 0.421. The summed E-state index contributed by atoms with van der Waals surface area (Å²) in [7, 11) is -0.707. The second-order valence-electron chi connectivity index (χ2n) is 5.49. The number of hydrogen-bond acceptors (Lipinski definition) is 5. The number of benzene rings is 3. The molecule has 3 aromatic rings. The molecule has 0 aromatic heterocycles. The molecule has 0 aliphatic heterocycles. The molecule has 0 aliphatic rings. The van der Waals surface area contributed by atoms with Crippen molar-refractivity contribution in [3.8, 4) is 23.0 Å². The zero-order chi connectivity index (χ0) is 19.1. The lowest BCUT2D eigenvalue weighted by molar-refractivity contribution is 0.355. The van der Waals surface area contributed by atoms with Gasteiger partial charge in [0.1, 0.15) is 11.5 Å². The maximum Gasteiger partial charge on any atom is 0.541 e. The van der Waals surface area contributed by atoms with Gasteiger partial charge in [-0.25, -0.2) is 4.57 Å². The Morgan fingerprint density at radius 1 is 0.704 bits per heavy atom. The fourth-order valence-electron chi connectivity index (χ4n) is 2.37. The predicted octanol–water partition coefficient (Wildman–Crippen LogP) is 5.38. The number of hydrogen-bond donors (Lipinski definition) is 1. The summed E-state index contributed by atoms with van der Waals surface area (Å²) in [6.45, 7) is 0. The van der Waals surface area contributed by atoms with E-state index in [1.807, 2.05) is 12.1 Å². The molecular formula is C20H20NO5P. The Morgan fingerprint density at radius 3 is 1.70 bits per heavy atom. The molecule has 0 fully saturated rings. The van der Waals surface area contributed by atoms with Crippen molar-refractivity contribution in [1.82, 2.24) is 0 Å². The summed E-state index contributed by atoms with van der Waals surface area (Å²) >= 11 is 0. The van der Waals surface area contributed by atoms with Crippen LogP contribution in [-0.4, -0.2) is 14.2 Å². The molecule has 3 rings (SSSR count). The van der Waals surface area contributed by atoms with E-state index < -0.39 is 7.75 Å². The van der Waals surface area contributed by atoms with Crippen molar-refractivity contribution >= 4 is 13.4 Å². The average Bonchev–Trinajstić information content (AvgIpc) is 2.69. The summed E-state index contributed by atoms with van der Waals surface area (Å²) in [5, 5.41) is 2.85. The fourth-order valence-corrected chi connectivity index (χ4v) is 3.75. The van der Waals surface area contributed by atoms with Crippen molar-refractivity contribution in [2.45, 2.75) is 0 Å². The van der Waals surface area contributed by atoms with Gasteiger partial charge in [0, 0.05) is 11.8 Å². The van der Waals surface area contributed by atoms with Gasteiger partial charge in [-0.2, -0.15) is 0 Å². The van der Waals surface area contributed by atoms with E-state index in [9.17, 15) is 4.57 Å². The monoisotopic (exact) mass is 385 g/mol. The second kappa shape index (κ2) is 8.52. The number of nitrogens with one attached hydrogen (secondary N) is 1. The Balaban J connectivity index is 1.90. The molecule has 0 radical (unpaired) electrons. The van der Waals surface area contributed by atoms with E-state index in [0.29, 0.717) is 28.7 Å². The number of ether oxygens (including phenoxy) is 2. The predicted molar refractivity (Wildman–Crippen MR) is 105 cm³/mol. The first-order valence-electron chi connectivity index (χ1n) is 8.21. The van der Waals surface area contributed by atoms with Gasteiger partial charge in [0.2, 0.25) is 0 Å². The average molecular weight is 385 g/mol. The standard InChI is InChI=1S/C20H20NO5P/c1-23-19-14-13-16(15-20(19)24-2)21-27(22,25-17-9-5-3-6-10-17)26-18-11-7-4-8-12-18/h3-15H,1-2H3,(H,21,22). The molecule has 3 aromatic carbocycles. The molecule has 0 spiro atoms. The molecule has 140 valence electrons. The van der Waals surface area contributed by atoms with Crippen molar-refractivity contribution < 1.29 is 23.1 Å². The molecule has 6 nitrogen and oxygen atoms in total. The molecule has 0 saturated heterocycles. The van der Waals surface area contributed by atoms with Gasteiger partial charge in [-0.05, 0) is 36.4 Å². The first-order chi connectivity index (χ1) is 13.1. The number of rotatable bonds is 8. The van der Waals surface area contributed by atoms with Crippen LogP contribution in [0.2, 0.25) is 0 Å². The Hall–Kier alpha value is -3.11. The summed E-state index contributed by atoms with van der Waals surface area (Å²) in [5.74, 6) is 1.90. The molecule has 0 bridgehead atoms. The quantitative estimate of drug-likeness (QED) is 0.525. The normalized spacial score (nSPS) is 10.7. The third-order valence-electron chi connectivity index (χ3n) is 3.59. The van der Waals surface area contributed by atoms with Gasteiger partial charge < -0.3 is 18.5 Å². The van der Waals surface area contributed by atoms with Crippen LogP contribution < -0.4 is 23.6 Å². The van der Waals surface area contributed by atoms with Crippen molar-refractivity contribution in [2.24, 2.45) is 0 Å². The molecule has 0 unspecified atom stereocenters. The van der Waals surface area contributed by atoms with E-state index in [-0.39, 0.29) is 0 Å². The van der Waals surface area contributed by atoms with E-state index >= 15 is 0 Å². The minimum atomic E-state index is -3.79. The van der Waals surface area contributed by atoms with Gasteiger partial charge in [0.25, 0.3) is 0 Å². The maximum atomic E-state index is 13.4. The van der Waals surface area contributed by atoms with Crippen LogP contribution in [0.3, 0.4) is 0 Å². The molecule has 0 aliphatic carbocycles.